The minimum atomic E-state index is -4.20. The van der Waals surface area contributed by atoms with Gasteiger partial charge >= 0.3 is 37.4 Å². The van der Waals surface area contributed by atoms with E-state index in [1.807, 2.05) is 0 Å². The van der Waals surface area contributed by atoms with E-state index in [0.717, 1.165) is 10.1 Å². The standard InChI is InChI=1S/C4H13N2O4P.Na/c1-5(2)9-11(7,8)10-6(3)4;/h1-4H3,(H,7,8);/q;+1/p-1. The Morgan fingerprint density at radius 1 is 1.08 bits per heavy atom. The second kappa shape index (κ2) is 6.48. The van der Waals surface area contributed by atoms with E-state index in [1.54, 1.807) is 0 Å². The molecule has 0 saturated carbocycles. The van der Waals surface area contributed by atoms with Gasteiger partial charge in [-0.25, -0.2) is 9.25 Å². The number of hydroxylamine groups is 4. The summed E-state index contributed by atoms with van der Waals surface area (Å²) in [6.07, 6.45) is 0. The van der Waals surface area contributed by atoms with Crippen LogP contribution in [0.4, 0.5) is 0 Å². The maximum absolute atomic E-state index is 10.8. The van der Waals surface area contributed by atoms with E-state index in [9.17, 15) is 9.46 Å². The summed E-state index contributed by atoms with van der Waals surface area (Å²) in [4.78, 5) is 10.8. The van der Waals surface area contributed by atoms with E-state index in [1.165, 1.54) is 28.2 Å². The molecule has 0 aromatic carbocycles. The Kier molecular flexibility index (Phi) is 8.37. The SMILES string of the molecule is CN(C)OP(=O)([O-])ON(C)C.[Na+]. The molecule has 0 atom stereocenters. The molecule has 0 fully saturated rings. The fourth-order valence-electron chi connectivity index (χ4n) is 0.415. The zero-order valence-corrected chi connectivity index (χ0v) is 10.9. The molecule has 12 heavy (non-hydrogen) atoms. The van der Waals surface area contributed by atoms with Gasteiger partial charge in [-0.15, -0.1) is 0 Å². The van der Waals surface area contributed by atoms with Gasteiger partial charge in [-0.3, -0.25) is 4.57 Å². The summed E-state index contributed by atoms with van der Waals surface area (Å²) in [5, 5.41) is 2.08. The smallest absolute Gasteiger partial charge is 0.754 e. The van der Waals surface area contributed by atoms with Crippen LogP contribution in [0.25, 0.3) is 0 Å². The average Bonchev–Trinajstić information content (AvgIpc) is 1.53. The first-order valence-corrected chi connectivity index (χ1v) is 4.34. The monoisotopic (exact) mass is 206 g/mol. The summed E-state index contributed by atoms with van der Waals surface area (Å²) in [5.74, 6) is 0. The first-order valence-electron chi connectivity index (χ1n) is 2.88. The molecule has 0 amide bonds. The molecule has 0 aliphatic carbocycles. The van der Waals surface area contributed by atoms with Crippen LogP contribution in [0.3, 0.4) is 0 Å². The Bertz CT molecular complexity index is 151. The molecule has 0 N–H and O–H groups in total. The molecule has 68 valence electrons. The van der Waals surface area contributed by atoms with Crippen LogP contribution in [0, 0.1) is 0 Å². The molecular formula is C4H12N2NaO4P. The third-order valence-electron chi connectivity index (χ3n) is 0.527. The fourth-order valence-corrected chi connectivity index (χ4v) is 1.24. The van der Waals surface area contributed by atoms with Crippen LogP contribution in [0.5, 0.6) is 0 Å². The summed E-state index contributed by atoms with van der Waals surface area (Å²) in [5.41, 5.74) is 0. The van der Waals surface area contributed by atoms with Crippen molar-refractivity contribution >= 4 is 7.82 Å². The Morgan fingerprint density at radius 2 is 1.33 bits per heavy atom. The van der Waals surface area contributed by atoms with Crippen LogP contribution in [0.15, 0.2) is 0 Å². The Balaban J connectivity index is 0. The van der Waals surface area contributed by atoms with E-state index in [4.69, 9.17) is 0 Å². The summed E-state index contributed by atoms with van der Waals surface area (Å²) < 4.78 is 19.4. The van der Waals surface area contributed by atoms with Crippen molar-refractivity contribution in [3.8, 4) is 0 Å². The molecule has 0 aromatic rings. The van der Waals surface area contributed by atoms with Crippen molar-refractivity contribution in [3.63, 3.8) is 0 Å². The Morgan fingerprint density at radius 3 is 1.50 bits per heavy atom. The molecule has 0 aromatic heterocycles. The number of rotatable bonds is 4. The zero-order valence-electron chi connectivity index (χ0n) is 7.97. The Hall–Kier alpha value is 1.03. The molecule has 0 heterocycles. The maximum atomic E-state index is 10.8. The van der Waals surface area contributed by atoms with E-state index in [0.29, 0.717) is 0 Å². The van der Waals surface area contributed by atoms with Gasteiger partial charge in [0, 0.05) is 28.2 Å². The molecule has 0 saturated heterocycles. The molecule has 8 heteroatoms. The minimum absolute atomic E-state index is 0. The van der Waals surface area contributed by atoms with Crippen LogP contribution in [-0.2, 0) is 13.8 Å². The fraction of sp³-hybridized carbons (Fsp3) is 1.00. The van der Waals surface area contributed by atoms with E-state index >= 15 is 0 Å². The zero-order chi connectivity index (χ0) is 9.07. The topological polar surface area (TPSA) is 65.1 Å². The molecule has 0 aliphatic heterocycles. The van der Waals surface area contributed by atoms with Crippen LogP contribution in [0.1, 0.15) is 0 Å². The maximum Gasteiger partial charge on any atom is 1.00 e. The first kappa shape index (κ1) is 15.5. The van der Waals surface area contributed by atoms with Crippen LogP contribution >= 0.6 is 7.82 Å². The van der Waals surface area contributed by atoms with Gasteiger partial charge < -0.3 is 4.89 Å². The van der Waals surface area contributed by atoms with E-state index in [-0.39, 0.29) is 29.6 Å². The molecule has 0 rings (SSSR count). The summed E-state index contributed by atoms with van der Waals surface area (Å²) >= 11 is 0. The van der Waals surface area contributed by atoms with Gasteiger partial charge in [0.25, 0.3) is 0 Å². The third kappa shape index (κ3) is 9.12. The third-order valence-corrected chi connectivity index (χ3v) is 1.58. The van der Waals surface area contributed by atoms with Crippen molar-refractivity contribution in [2.24, 2.45) is 0 Å². The van der Waals surface area contributed by atoms with E-state index < -0.39 is 7.82 Å². The molecular weight excluding hydrogens is 194 g/mol. The molecule has 6 nitrogen and oxygen atoms in total. The summed E-state index contributed by atoms with van der Waals surface area (Å²) in [7, 11) is 1.59. The first-order chi connectivity index (χ1) is 4.83. The molecule has 0 radical (unpaired) electrons. The molecule has 0 bridgehead atoms. The Labute approximate surface area is 94.2 Å². The normalized spacial score (nSPS) is 11.9. The van der Waals surface area contributed by atoms with Gasteiger partial charge in [0.05, 0.1) is 0 Å². The van der Waals surface area contributed by atoms with Gasteiger partial charge in [-0.05, 0) is 0 Å². The van der Waals surface area contributed by atoms with Gasteiger partial charge in [0.1, 0.15) is 0 Å². The quantitative estimate of drug-likeness (QED) is 0.269. The van der Waals surface area contributed by atoms with Crippen molar-refractivity contribution < 1.29 is 48.3 Å². The van der Waals surface area contributed by atoms with Crippen LogP contribution < -0.4 is 34.5 Å². The van der Waals surface area contributed by atoms with Crippen molar-refractivity contribution in [2.75, 3.05) is 28.2 Å². The summed E-state index contributed by atoms with van der Waals surface area (Å²) in [6.45, 7) is 0. The predicted molar refractivity (Wildman–Crippen MR) is 37.2 cm³/mol. The minimum Gasteiger partial charge on any atom is -0.754 e. The number of phosphoric acid groups is 1. The van der Waals surface area contributed by atoms with Crippen LogP contribution in [0.2, 0.25) is 0 Å². The second-order valence-electron chi connectivity index (χ2n) is 2.24. The largest absolute Gasteiger partial charge is 1.00 e. The van der Waals surface area contributed by atoms with Crippen molar-refractivity contribution in [2.45, 2.75) is 0 Å². The average molecular weight is 206 g/mol. The second-order valence-corrected chi connectivity index (χ2v) is 3.46. The number of hydrogen-bond donors (Lipinski definition) is 0. The van der Waals surface area contributed by atoms with Gasteiger partial charge in [-0.1, -0.05) is 0 Å². The molecule has 0 spiro atoms. The van der Waals surface area contributed by atoms with Gasteiger partial charge in [-0.2, -0.15) is 10.1 Å². The van der Waals surface area contributed by atoms with Gasteiger partial charge in [0.15, 0.2) is 0 Å². The summed E-state index contributed by atoms with van der Waals surface area (Å²) in [6, 6.07) is 0. The number of nitrogens with zero attached hydrogens (tertiary/aromatic N) is 2. The van der Waals surface area contributed by atoms with Gasteiger partial charge in [0.2, 0.25) is 0 Å². The van der Waals surface area contributed by atoms with Crippen molar-refractivity contribution in [3.05, 3.63) is 0 Å². The molecule has 0 aliphatic rings. The van der Waals surface area contributed by atoms with Crippen molar-refractivity contribution in [1.82, 2.24) is 10.1 Å². The van der Waals surface area contributed by atoms with Crippen molar-refractivity contribution in [1.29, 1.82) is 0 Å². The van der Waals surface area contributed by atoms with Crippen LogP contribution in [-0.4, -0.2) is 38.3 Å². The number of hydrogen-bond acceptors (Lipinski definition) is 6. The predicted octanol–water partition coefficient (Wildman–Crippen LogP) is -3.55. The molecule has 0 unspecified atom stereocenters. The van der Waals surface area contributed by atoms with E-state index in [2.05, 4.69) is 9.25 Å².